The van der Waals surface area contributed by atoms with Crippen LogP contribution in [0, 0.1) is 0 Å². The first-order valence-electron chi connectivity index (χ1n) is 12.9. The summed E-state index contributed by atoms with van der Waals surface area (Å²) in [6, 6.07) is 52.9. The van der Waals surface area contributed by atoms with Crippen molar-refractivity contribution < 1.29 is 0 Å². The summed E-state index contributed by atoms with van der Waals surface area (Å²) in [5, 5.41) is 7.84. The second-order valence-electron chi connectivity index (χ2n) is 9.67. The van der Waals surface area contributed by atoms with Crippen LogP contribution < -0.4 is 0 Å². The van der Waals surface area contributed by atoms with E-state index in [0.717, 1.165) is 6.42 Å². The summed E-state index contributed by atoms with van der Waals surface area (Å²) >= 11 is 0. The minimum Gasteiger partial charge on any atom is -0.0622 e. The number of hydrogen-bond donors (Lipinski definition) is 0. The van der Waals surface area contributed by atoms with Gasteiger partial charge in [0.25, 0.3) is 0 Å². The van der Waals surface area contributed by atoms with Crippen LogP contribution in [0.15, 0.2) is 146 Å². The van der Waals surface area contributed by atoms with Gasteiger partial charge < -0.3 is 0 Å². The van der Waals surface area contributed by atoms with Gasteiger partial charge in [0.15, 0.2) is 0 Å². The third-order valence-corrected chi connectivity index (χ3v) is 7.57. The SMILES string of the molecule is c1ccc(-c2ccccc2Cc2c3ccccc3c(-c3cccc4ccccc34)c3ccccc23)cc1. The highest BCUT2D eigenvalue weighted by Crippen LogP contribution is 2.42. The third-order valence-electron chi connectivity index (χ3n) is 7.57. The van der Waals surface area contributed by atoms with Crippen LogP contribution in [0.2, 0.25) is 0 Å². The van der Waals surface area contributed by atoms with Crippen LogP contribution in [0.5, 0.6) is 0 Å². The van der Waals surface area contributed by atoms with Crippen molar-refractivity contribution >= 4 is 32.3 Å². The average Bonchev–Trinajstić information content (AvgIpc) is 2.98. The lowest BCUT2D eigenvalue weighted by Gasteiger charge is -2.19. The molecule has 0 amide bonds. The molecule has 0 nitrogen and oxygen atoms in total. The topological polar surface area (TPSA) is 0 Å². The first kappa shape index (κ1) is 21.6. The van der Waals surface area contributed by atoms with Crippen molar-refractivity contribution in [3.05, 3.63) is 157 Å². The Hall–Kier alpha value is -4.68. The van der Waals surface area contributed by atoms with Gasteiger partial charge in [0.05, 0.1) is 0 Å². The standard InChI is InChI=1S/C37H26/c1-2-13-26(14-3-1)29-18-6-5-16-28(29)25-36-31-20-8-10-22-34(31)37(35-23-11-9-21-32(35)36)33-24-12-17-27-15-4-7-19-30(27)33/h1-24H,25H2. The highest BCUT2D eigenvalue weighted by molar-refractivity contribution is 6.18. The lowest BCUT2D eigenvalue weighted by Crippen LogP contribution is -1.97. The fourth-order valence-corrected chi connectivity index (χ4v) is 5.91. The molecule has 0 aliphatic carbocycles. The normalized spacial score (nSPS) is 11.4. The summed E-state index contributed by atoms with van der Waals surface area (Å²) in [6.45, 7) is 0. The molecule has 0 N–H and O–H groups in total. The maximum atomic E-state index is 2.30. The quantitative estimate of drug-likeness (QED) is 0.224. The average molecular weight is 471 g/mol. The molecule has 0 unspecified atom stereocenters. The van der Waals surface area contributed by atoms with Gasteiger partial charge in [-0.1, -0.05) is 146 Å². The maximum absolute atomic E-state index is 2.30. The van der Waals surface area contributed by atoms with Crippen LogP contribution >= 0.6 is 0 Å². The van der Waals surface area contributed by atoms with E-state index in [4.69, 9.17) is 0 Å². The van der Waals surface area contributed by atoms with Crippen LogP contribution in [0.3, 0.4) is 0 Å². The summed E-state index contributed by atoms with van der Waals surface area (Å²) in [5.74, 6) is 0. The fourth-order valence-electron chi connectivity index (χ4n) is 5.91. The molecule has 0 aromatic heterocycles. The molecule has 7 aromatic carbocycles. The Kier molecular flexibility index (Phi) is 5.30. The predicted octanol–water partition coefficient (Wildman–Crippen LogP) is 10.1. The van der Waals surface area contributed by atoms with Crippen LogP contribution in [0.25, 0.3) is 54.6 Å². The van der Waals surface area contributed by atoms with Gasteiger partial charge in [-0.05, 0) is 72.1 Å². The molecule has 0 heteroatoms. The van der Waals surface area contributed by atoms with Crippen molar-refractivity contribution in [1.29, 1.82) is 0 Å². The molecule has 0 atom stereocenters. The molecule has 174 valence electrons. The van der Waals surface area contributed by atoms with Gasteiger partial charge in [0.1, 0.15) is 0 Å². The van der Waals surface area contributed by atoms with Crippen LogP contribution in [-0.4, -0.2) is 0 Å². The van der Waals surface area contributed by atoms with Gasteiger partial charge in [-0.15, -0.1) is 0 Å². The van der Waals surface area contributed by atoms with Gasteiger partial charge in [-0.2, -0.15) is 0 Å². The zero-order valence-corrected chi connectivity index (χ0v) is 20.6. The van der Waals surface area contributed by atoms with Crippen molar-refractivity contribution in [2.24, 2.45) is 0 Å². The van der Waals surface area contributed by atoms with E-state index in [-0.39, 0.29) is 0 Å². The van der Waals surface area contributed by atoms with Crippen LogP contribution in [0.1, 0.15) is 11.1 Å². The summed E-state index contributed by atoms with van der Waals surface area (Å²) in [4.78, 5) is 0. The minimum atomic E-state index is 0.877. The van der Waals surface area contributed by atoms with E-state index in [1.54, 1.807) is 0 Å². The van der Waals surface area contributed by atoms with E-state index >= 15 is 0 Å². The predicted molar refractivity (Wildman–Crippen MR) is 159 cm³/mol. The van der Waals surface area contributed by atoms with Crippen LogP contribution in [-0.2, 0) is 6.42 Å². The summed E-state index contributed by atoms with van der Waals surface area (Å²) in [6.07, 6.45) is 0.877. The molecule has 7 aromatic rings. The van der Waals surface area contributed by atoms with E-state index < -0.39 is 0 Å². The lowest BCUT2D eigenvalue weighted by atomic mass is 9.84. The highest BCUT2D eigenvalue weighted by Gasteiger charge is 2.17. The molecule has 0 saturated heterocycles. The van der Waals surface area contributed by atoms with E-state index in [1.807, 2.05) is 0 Å². The number of rotatable bonds is 4. The fraction of sp³-hybridized carbons (Fsp3) is 0.0270. The zero-order chi connectivity index (χ0) is 24.6. The highest BCUT2D eigenvalue weighted by atomic mass is 14.2. The first-order chi connectivity index (χ1) is 18.4. The number of benzene rings is 7. The van der Waals surface area contributed by atoms with Crippen molar-refractivity contribution in [2.45, 2.75) is 6.42 Å². The summed E-state index contributed by atoms with van der Waals surface area (Å²) < 4.78 is 0. The molecule has 0 spiro atoms. The second kappa shape index (κ2) is 9.08. The van der Waals surface area contributed by atoms with E-state index in [9.17, 15) is 0 Å². The van der Waals surface area contributed by atoms with Gasteiger partial charge in [0, 0.05) is 0 Å². The summed E-state index contributed by atoms with van der Waals surface area (Å²) in [5.41, 5.74) is 7.92. The van der Waals surface area contributed by atoms with Crippen molar-refractivity contribution in [3.63, 3.8) is 0 Å². The molecule has 0 fully saturated rings. The Morgan fingerprint density at radius 1 is 0.351 bits per heavy atom. The van der Waals surface area contributed by atoms with E-state index in [0.29, 0.717) is 0 Å². The van der Waals surface area contributed by atoms with Gasteiger partial charge in [0.2, 0.25) is 0 Å². The Morgan fingerprint density at radius 2 is 0.865 bits per heavy atom. The molecular weight excluding hydrogens is 444 g/mol. The minimum absolute atomic E-state index is 0.877. The van der Waals surface area contributed by atoms with Crippen molar-refractivity contribution in [2.75, 3.05) is 0 Å². The molecule has 0 aliphatic rings. The second-order valence-corrected chi connectivity index (χ2v) is 9.67. The molecule has 7 rings (SSSR count). The van der Waals surface area contributed by atoms with Crippen molar-refractivity contribution in [1.82, 2.24) is 0 Å². The van der Waals surface area contributed by atoms with Crippen LogP contribution in [0.4, 0.5) is 0 Å². The molecule has 0 aliphatic heterocycles. The van der Waals surface area contributed by atoms with E-state index in [2.05, 4.69) is 146 Å². The lowest BCUT2D eigenvalue weighted by molar-refractivity contribution is 1.23. The Labute approximate surface area is 217 Å². The third kappa shape index (κ3) is 3.70. The molecule has 0 radical (unpaired) electrons. The summed E-state index contributed by atoms with van der Waals surface area (Å²) in [7, 11) is 0. The number of hydrogen-bond acceptors (Lipinski definition) is 0. The molecule has 0 heterocycles. The van der Waals surface area contributed by atoms with Gasteiger partial charge in [-0.3, -0.25) is 0 Å². The molecule has 0 bridgehead atoms. The van der Waals surface area contributed by atoms with Crippen molar-refractivity contribution in [3.8, 4) is 22.3 Å². The molecular formula is C37H26. The molecule has 0 saturated carbocycles. The molecule has 37 heavy (non-hydrogen) atoms. The van der Waals surface area contributed by atoms with Gasteiger partial charge in [-0.25, -0.2) is 0 Å². The first-order valence-corrected chi connectivity index (χ1v) is 12.9. The monoisotopic (exact) mass is 470 g/mol. The Morgan fingerprint density at radius 3 is 1.59 bits per heavy atom. The largest absolute Gasteiger partial charge is 0.0622 e. The van der Waals surface area contributed by atoms with Gasteiger partial charge >= 0.3 is 0 Å². The Balaban J connectivity index is 1.53. The maximum Gasteiger partial charge on any atom is -0.000728 e. The zero-order valence-electron chi connectivity index (χ0n) is 20.6. The number of fused-ring (bicyclic) bond motifs is 3. The Bertz CT molecular complexity index is 1830. The smallest absolute Gasteiger partial charge is 0.000728 e. The van der Waals surface area contributed by atoms with E-state index in [1.165, 1.54) is 65.7 Å².